The second-order valence-electron chi connectivity index (χ2n) is 6.94. The number of hydrogen-bond donors (Lipinski definition) is 1. The summed E-state index contributed by atoms with van der Waals surface area (Å²) in [6, 6.07) is 6.29. The first-order valence-corrected chi connectivity index (χ1v) is 8.68. The van der Waals surface area contributed by atoms with Gasteiger partial charge >= 0.3 is 0 Å². The smallest absolute Gasteiger partial charge is 0.227 e. The summed E-state index contributed by atoms with van der Waals surface area (Å²) in [5.74, 6) is 0.246. The molecule has 0 aromatic heterocycles. The van der Waals surface area contributed by atoms with Crippen LogP contribution < -0.4 is 0 Å². The number of likely N-dealkylation sites (tertiary alicyclic amines) is 1. The second kappa shape index (κ2) is 7.02. The Balaban J connectivity index is 1.73. The predicted octanol–water partition coefficient (Wildman–Crippen LogP) is 2.23. The molecule has 3 rings (SSSR count). The number of hydrogen-bond acceptors (Lipinski definition) is 3. The molecule has 2 fully saturated rings. The minimum Gasteiger partial charge on any atom is -0.393 e. The van der Waals surface area contributed by atoms with Gasteiger partial charge in [0.25, 0.3) is 0 Å². The lowest BCUT2D eigenvalue weighted by Crippen LogP contribution is -2.48. The summed E-state index contributed by atoms with van der Waals surface area (Å²) < 4.78 is 5.55. The Hall–Kier alpha value is -1.39. The maximum atomic E-state index is 12.9. The molecule has 2 aliphatic heterocycles. The zero-order chi connectivity index (χ0) is 16.4. The van der Waals surface area contributed by atoms with Crippen molar-refractivity contribution in [3.8, 4) is 0 Å². The summed E-state index contributed by atoms with van der Waals surface area (Å²) in [6.07, 6.45) is 2.79. The number of carbonyl (C=O) groups excluding carboxylic acids is 1. The van der Waals surface area contributed by atoms with Crippen LogP contribution in [0.1, 0.15) is 36.0 Å². The SMILES string of the molecule is Cc1cccc(C)c1CC(=O)N1CCCC1C1COCCC1O. The van der Waals surface area contributed by atoms with Crippen molar-refractivity contribution in [1.29, 1.82) is 0 Å². The van der Waals surface area contributed by atoms with Crippen LogP contribution in [0.15, 0.2) is 18.2 Å². The molecule has 2 aliphatic rings. The van der Waals surface area contributed by atoms with E-state index in [2.05, 4.69) is 26.0 Å². The van der Waals surface area contributed by atoms with Crippen molar-refractivity contribution in [2.75, 3.05) is 19.8 Å². The highest BCUT2D eigenvalue weighted by molar-refractivity contribution is 5.80. The third-order valence-electron chi connectivity index (χ3n) is 5.45. The maximum Gasteiger partial charge on any atom is 0.227 e. The standard InChI is InChI=1S/C19H27NO3/c1-13-5-3-6-14(2)15(13)11-19(22)20-9-4-7-17(20)16-12-23-10-8-18(16)21/h3,5-6,16-18,21H,4,7-12H2,1-2H3. The first-order valence-electron chi connectivity index (χ1n) is 8.68. The van der Waals surface area contributed by atoms with E-state index < -0.39 is 0 Å². The summed E-state index contributed by atoms with van der Waals surface area (Å²) in [5, 5.41) is 10.3. The van der Waals surface area contributed by atoms with Crippen LogP contribution in [0.5, 0.6) is 0 Å². The highest BCUT2D eigenvalue weighted by Gasteiger charge is 2.39. The van der Waals surface area contributed by atoms with Gasteiger partial charge in [-0.2, -0.15) is 0 Å². The quantitative estimate of drug-likeness (QED) is 0.930. The van der Waals surface area contributed by atoms with Crippen LogP contribution in [-0.4, -0.2) is 47.8 Å². The summed E-state index contributed by atoms with van der Waals surface area (Å²) in [5.41, 5.74) is 3.49. The van der Waals surface area contributed by atoms with Gasteiger partial charge in [-0.05, 0) is 49.8 Å². The molecule has 4 nitrogen and oxygen atoms in total. The van der Waals surface area contributed by atoms with E-state index in [1.807, 2.05) is 11.0 Å². The molecule has 23 heavy (non-hydrogen) atoms. The molecule has 0 radical (unpaired) electrons. The predicted molar refractivity (Wildman–Crippen MR) is 89.3 cm³/mol. The Labute approximate surface area is 138 Å². The van der Waals surface area contributed by atoms with Gasteiger partial charge < -0.3 is 14.7 Å². The third kappa shape index (κ3) is 3.43. The van der Waals surface area contributed by atoms with Crippen LogP contribution in [0, 0.1) is 19.8 Å². The van der Waals surface area contributed by atoms with Gasteiger partial charge in [-0.25, -0.2) is 0 Å². The minimum absolute atomic E-state index is 0.0631. The molecule has 2 saturated heterocycles. The molecule has 126 valence electrons. The van der Waals surface area contributed by atoms with Gasteiger partial charge in [0, 0.05) is 25.1 Å². The van der Waals surface area contributed by atoms with E-state index in [-0.39, 0.29) is 24.0 Å². The molecule has 2 heterocycles. The van der Waals surface area contributed by atoms with Crippen molar-refractivity contribution >= 4 is 5.91 Å². The third-order valence-corrected chi connectivity index (χ3v) is 5.45. The van der Waals surface area contributed by atoms with E-state index in [0.29, 0.717) is 26.1 Å². The fourth-order valence-corrected chi connectivity index (χ4v) is 4.04. The Morgan fingerprint density at radius 1 is 1.30 bits per heavy atom. The number of aryl methyl sites for hydroxylation is 2. The van der Waals surface area contributed by atoms with Crippen LogP contribution >= 0.6 is 0 Å². The largest absolute Gasteiger partial charge is 0.393 e. The average Bonchev–Trinajstić information content (AvgIpc) is 3.01. The summed E-state index contributed by atoms with van der Waals surface area (Å²) in [4.78, 5) is 14.9. The molecule has 1 aromatic carbocycles. The Kier molecular flexibility index (Phi) is 5.02. The molecule has 0 spiro atoms. The number of ether oxygens (including phenoxy) is 1. The number of aliphatic hydroxyl groups excluding tert-OH is 1. The minimum atomic E-state index is -0.345. The van der Waals surface area contributed by atoms with Crippen molar-refractivity contribution in [3.63, 3.8) is 0 Å². The fraction of sp³-hybridized carbons (Fsp3) is 0.632. The summed E-state index contributed by atoms with van der Waals surface area (Å²) >= 11 is 0. The molecule has 0 bridgehead atoms. The summed E-state index contributed by atoms with van der Waals surface area (Å²) in [6.45, 7) is 6.13. The van der Waals surface area contributed by atoms with Crippen molar-refractivity contribution in [2.24, 2.45) is 5.92 Å². The van der Waals surface area contributed by atoms with E-state index in [1.165, 1.54) is 11.1 Å². The Bertz CT molecular complexity index is 551. The second-order valence-corrected chi connectivity index (χ2v) is 6.94. The first-order chi connectivity index (χ1) is 11.1. The van der Waals surface area contributed by atoms with Gasteiger partial charge in [0.15, 0.2) is 0 Å². The van der Waals surface area contributed by atoms with Gasteiger partial charge in [0.05, 0.1) is 19.1 Å². The van der Waals surface area contributed by atoms with E-state index in [4.69, 9.17) is 4.74 Å². The number of rotatable bonds is 3. The van der Waals surface area contributed by atoms with Crippen molar-refractivity contribution in [3.05, 3.63) is 34.9 Å². The van der Waals surface area contributed by atoms with Gasteiger partial charge in [0.1, 0.15) is 0 Å². The van der Waals surface area contributed by atoms with E-state index in [1.54, 1.807) is 0 Å². The molecule has 1 N–H and O–H groups in total. The molecule has 1 amide bonds. The molecular weight excluding hydrogens is 290 g/mol. The van der Waals surface area contributed by atoms with Crippen LogP contribution in [0.4, 0.5) is 0 Å². The lowest BCUT2D eigenvalue weighted by molar-refractivity contribution is -0.135. The van der Waals surface area contributed by atoms with Crippen LogP contribution in [0.3, 0.4) is 0 Å². The maximum absolute atomic E-state index is 12.9. The van der Waals surface area contributed by atoms with Crippen LogP contribution in [0.2, 0.25) is 0 Å². The fourth-order valence-electron chi connectivity index (χ4n) is 4.04. The molecule has 0 aliphatic carbocycles. The molecule has 3 unspecified atom stereocenters. The summed E-state index contributed by atoms with van der Waals surface area (Å²) in [7, 11) is 0. The highest BCUT2D eigenvalue weighted by Crippen LogP contribution is 2.30. The molecule has 0 saturated carbocycles. The molecular formula is C19H27NO3. The molecule has 4 heteroatoms. The lowest BCUT2D eigenvalue weighted by atomic mass is 9.89. The average molecular weight is 317 g/mol. The topological polar surface area (TPSA) is 49.8 Å². The number of benzene rings is 1. The number of nitrogens with zero attached hydrogens (tertiary/aromatic N) is 1. The van der Waals surface area contributed by atoms with Crippen molar-refractivity contribution in [2.45, 2.75) is 51.7 Å². The number of amides is 1. The van der Waals surface area contributed by atoms with Crippen molar-refractivity contribution in [1.82, 2.24) is 4.90 Å². The van der Waals surface area contributed by atoms with E-state index in [0.717, 1.165) is 24.9 Å². The monoisotopic (exact) mass is 317 g/mol. The zero-order valence-electron chi connectivity index (χ0n) is 14.1. The van der Waals surface area contributed by atoms with Gasteiger partial charge in [-0.15, -0.1) is 0 Å². The normalized spacial score (nSPS) is 28.1. The Morgan fingerprint density at radius 2 is 2.04 bits per heavy atom. The lowest BCUT2D eigenvalue weighted by Gasteiger charge is -2.37. The van der Waals surface area contributed by atoms with Crippen molar-refractivity contribution < 1.29 is 14.6 Å². The number of carbonyl (C=O) groups is 1. The van der Waals surface area contributed by atoms with Gasteiger partial charge in [0.2, 0.25) is 5.91 Å². The number of aliphatic hydroxyl groups is 1. The van der Waals surface area contributed by atoms with Gasteiger partial charge in [-0.1, -0.05) is 18.2 Å². The molecule has 1 aromatic rings. The van der Waals surface area contributed by atoms with Crippen LogP contribution in [0.25, 0.3) is 0 Å². The van der Waals surface area contributed by atoms with E-state index in [9.17, 15) is 9.90 Å². The highest BCUT2D eigenvalue weighted by atomic mass is 16.5. The first kappa shape index (κ1) is 16.5. The van der Waals surface area contributed by atoms with E-state index >= 15 is 0 Å². The zero-order valence-corrected chi connectivity index (χ0v) is 14.1. The Morgan fingerprint density at radius 3 is 2.74 bits per heavy atom. The van der Waals surface area contributed by atoms with Gasteiger partial charge in [-0.3, -0.25) is 4.79 Å². The van der Waals surface area contributed by atoms with Crippen LogP contribution in [-0.2, 0) is 16.0 Å². The molecule has 3 atom stereocenters.